The molecule has 25 heteroatoms. The van der Waals surface area contributed by atoms with Crippen LogP contribution >= 0.6 is 11.6 Å². The van der Waals surface area contributed by atoms with E-state index in [0.29, 0.717) is 23.4 Å². The Kier molecular flexibility index (Phi) is 15.1. The van der Waals surface area contributed by atoms with Crippen molar-refractivity contribution in [2.75, 3.05) is 10.6 Å². The molecular weight excluding hydrogens is 1020 g/mol. The predicted octanol–water partition coefficient (Wildman–Crippen LogP) is 10.9. The molecule has 0 radical (unpaired) electrons. The van der Waals surface area contributed by atoms with Crippen LogP contribution in [-0.2, 0) is 73.5 Å². The first-order valence-electron chi connectivity index (χ1n) is 22.4. The fraction of sp³-hybridized carbons (Fsp3) is 0.500. The summed E-state index contributed by atoms with van der Waals surface area (Å²) in [6, 6.07) is 5.86. The summed E-state index contributed by atoms with van der Waals surface area (Å²) >= 11 is 6.99. The SMILES string of the molecule is CCCCCCCC(=O)N(c1nn(CC(F)(F)F)c2c(-c3ccc(CCC(C)(C)[S+]=O)nc3[C@H](Cc3cc(F)cc(F)c3)NC(=O)Cn3nc(C(F)(F)F)c4c3C(F)(F)C3C[C@H]43)ccc(Cl)c12)S(C)(=O)=O. The van der Waals surface area contributed by atoms with Crippen molar-refractivity contribution in [2.45, 2.75) is 133 Å². The van der Waals surface area contributed by atoms with Crippen LogP contribution in [0.2, 0.25) is 5.02 Å². The molecule has 2 aliphatic rings. The van der Waals surface area contributed by atoms with Gasteiger partial charge in [0.15, 0.2) is 11.5 Å². The van der Waals surface area contributed by atoms with Gasteiger partial charge in [-0.15, -0.1) is 0 Å². The first-order chi connectivity index (χ1) is 33.0. The number of anilines is 1. The second kappa shape index (κ2) is 20.0. The molecule has 3 atom stereocenters. The summed E-state index contributed by atoms with van der Waals surface area (Å²) in [6.45, 7) is 2.15. The van der Waals surface area contributed by atoms with Crippen molar-refractivity contribution in [1.29, 1.82) is 0 Å². The van der Waals surface area contributed by atoms with E-state index in [0.717, 1.165) is 31.4 Å². The lowest BCUT2D eigenvalue weighted by Crippen LogP contribution is -2.36. The number of hydrogen-bond donors (Lipinski definition) is 1. The van der Waals surface area contributed by atoms with Gasteiger partial charge in [0, 0.05) is 51.4 Å². The Bertz CT molecular complexity index is 2980. The molecule has 1 fully saturated rings. The van der Waals surface area contributed by atoms with Crippen LogP contribution in [0.3, 0.4) is 0 Å². The molecular formula is C46H47ClF10N7O5S2+. The summed E-state index contributed by atoms with van der Waals surface area (Å²) in [7, 11) is -4.62. The number of benzene rings is 2. The van der Waals surface area contributed by atoms with Gasteiger partial charge in [-0.1, -0.05) is 56.3 Å². The van der Waals surface area contributed by atoms with E-state index in [4.69, 9.17) is 16.6 Å². The standard InChI is InChI=1S/C46H46ClF10N7O5S2/c1-5-6-7-8-9-10-35(66)64(71(4,68)69)42-37-32(47)14-13-29(39(37)63(61-42)23-44(50,51)52)28-12-11-27(15-16-43(2,3)70-67)58-38(28)33(19-24-17-25(48)20-26(49)18-24)59-34(65)22-62-41-36(40(60-62)46(55,56)57)30-21-31(30)45(41,53)54/h11-14,17-18,20,30-31,33H,5-10,15-16,19,21-23H2,1-4H3/p+1/t30-,31?,33-/m0/s1. The average Bonchev–Trinajstić information content (AvgIpc) is 3.77. The number of hydrogen-bond acceptors (Lipinski definition) is 8. The molecule has 2 amide bonds. The smallest absolute Gasteiger partial charge is 0.346 e. The number of pyridine rings is 1. The highest BCUT2D eigenvalue weighted by atomic mass is 35.5. The molecule has 7 rings (SSSR count). The van der Waals surface area contributed by atoms with Gasteiger partial charge in [-0.25, -0.2) is 17.2 Å². The fourth-order valence-corrected chi connectivity index (χ4v) is 10.4. The summed E-state index contributed by atoms with van der Waals surface area (Å²) in [5, 5.41) is 9.23. The van der Waals surface area contributed by atoms with Crippen LogP contribution in [0.4, 0.5) is 49.7 Å². The van der Waals surface area contributed by atoms with Crippen molar-refractivity contribution in [1.82, 2.24) is 29.9 Å². The lowest BCUT2D eigenvalue weighted by atomic mass is 9.93. The minimum Gasteiger partial charge on any atom is -0.346 e. The Hall–Kier alpha value is -5.23. The number of nitrogens with zero attached hydrogens (tertiary/aromatic N) is 6. The monoisotopic (exact) mass is 1070 g/mol. The predicted molar refractivity (Wildman–Crippen MR) is 243 cm³/mol. The van der Waals surface area contributed by atoms with Crippen LogP contribution in [0.25, 0.3) is 22.0 Å². The highest BCUT2D eigenvalue weighted by Gasteiger charge is 2.68. The molecule has 12 nitrogen and oxygen atoms in total. The third-order valence-electron chi connectivity index (χ3n) is 12.4. The number of halogens is 11. The van der Waals surface area contributed by atoms with E-state index in [2.05, 4.69) is 15.5 Å². The van der Waals surface area contributed by atoms with Gasteiger partial charge in [0.25, 0.3) is 5.92 Å². The van der Waals surface area contributed by atoms with Gasteiger partial charge in [-0.2, -0.15) is 49.6 Å². The number of alkyl halides is 8. The third kappa shape index (κ3) is 11.7. The van der Waals surface area contributed by atoms with Gasteiger partial charge < -0.3 is 5.32 Å². The first kappa shape index (κ1) is 53.6. The molecule has 2 aliphatic carbocycles. The van der Waals surface area contributed by atoms with Crippen LogP contribution in [0.5, 0.6) is 0 Å². The number of fused-ring (bicyclic) bond motifs is 4. The van der Waals surface area contributed by atoms with Crippen LogP contribution in [0.15, 0.2) is 42.5 Å². The van der Waals surface area contributed by atoms with Crippen molar-refractivity contribution < 1.29 is 66.1 Å². The zero-order valence-electron chi connectivity index (χ0n) is 38.5. The number of aryl methyl sites for hydroxylation is 1. The molecule has 1 saturated carbocycles. The highest BCUT2D eigenvalue weighted by Crippen LogP contribution is 2.68. The molecule has 3 heterocycles. The number of sulfonamides is 1. The van der Waals surface area contributed by atoms with Gasteiger partial charge in [0.2, 0.25) is 26.6 Å². The Balaban J connectivity index is 1.43. The first-order valence-corrected chi connectivity index (χ1v) is 25.4. The van der Waals surface area contributed by atoms with Gasteiger partial charge >= 0.3 is 24.0 Å². The lowest BCUT2D eigenvalue weighted by molar-refractivity contribution is -0.143. The maximum atomic E-state index is 15.6. The Labute approximate surface area is 410 Å². The summed E-state index contributed by atoms with van der Waals surface area (Å²) in [4.78, 5) is 32.7. The maximum Gasteiger partial charge on any atom is 0.464 e. The number of amides is 2. The number of carbonyl (C=O) groups is 2. The van der Waals surface area contributed by atoms with E-state index in [1.54, 1.807) is 13.8 Å². The van der Waals surface area contributed by atoms with Crippen molar-refractivity contribution in [3.05, 3.63) is 93.0 Å². The summed E-state index contributed by atoms with van der Waals surface area (Å²) < 4.78 is 186. The summed E-state index contributed by atoms with van der Waals surface area (Å²) in [5.41, 5.74) is -4.44. The largest absolute Gasteiger partial charge is 0.464 e. The minimum absolute atomic E-state index is 0.0535. The number of rotatable bonds is 20. The Morgan fingerprint density at radius 3 is 2.24 bits per heavy atom. The molecule has 0 saturated heterocycles. The Morgan fingerprint density at radius 2 is 1.62 bits per heavy atom. The van der Waals surface area contributed by atoms with E-state index in [-0.39, 0.29) is 85.9 Å². The normalized spacial score (nSPS) is 17.0. The number of aromatic nitrogens is 5. The van der Waals surface area contributed by atoms with Crippen LogP contribution < -0.4 is 9.62 Å². The molecule has 1 N–H and O–H groups in total. The molecule has 2 aromatic carbocycles. The highest BCUT2D eigenvalue weighted by molar-refractivity contribution is 7.92. The number of nitrogens with one attached hydrogen (secondary N) is 1. The molecule has 0 spiro atoms. The topological polar surface area (TPSA) is 149 Å². The van der Waals surface area contributed by atoms with E-state index in [1.165, 1.54) is 24.3 Å². The van der Waals surface area contributed by atoms with E-state index in [9.17, 15) is 57.3 Å². The molecule has 3 aromatic heterocycles. The van der Waals surface area contributed by atoms with Crippen molar-refractivity contribution in [2.24, 2.45) is 5.92 Å². The van der Waals surface area contributed by atoms with Gasteiger partial charge in [0.05, 0.1) is 33.9 Å². The molecule has 71 heavy (non-hydrogen) atoms. The quantitative estimate of drug-likeness (QED) is 0.0460. The zero-order chi connectivity index (χ0) is 52.2. The number of unbranched alkanes of at least 4 members (excludes halogenated alkanes) is 4. The summed E-state index contributed by atoms with van der Waals surface area (Å²) in [5.74, 6) is -11.6. The average molecular weight is 1070 g/mol. The zero-order valence-corrected chi connectivity index (χ0v) is 40.8. The van der Waals surface area contributed by atoms with Crippen LogP contribution in [0, 0.1) is 17.6 Å². The second-order valence-corrected chi connectivity index (χ2v) is 22.0. The molecule has 0 bridgehead atoms. The third-order valence-corrected chi connectivity index (χ3v) is 14.4. The fourth-order valence-electron chi connectivity index (χ4n) is 9.12. The van der Waals surface area contributed by atoms with E-state index in [1.807, 2.05) is 6.92 Å². The van der Waals surface area contributed by atoms with Crippen molar-refractivity contribution in [3.63, 3.8) is 0 Å². The minimum atomic E-state index is -5.18. The number of carbonyl (C=O) groups excluding carboxylic acids is 2. The van der Waals surface area contributed by atoms with Crippen molar-refractivity contribution in [3.8, 4) is 11.1 Å². The summed E-state index contributed by atoms with van der Waals surface area (Å²) in [6.07, 6.45) is -7.28. The lowest BCUT2D eigenvalue weighted by Gasteiger charge is -2.24. The van der Waals surface area contributed by atoms with Gasteiger partial charge in [0.1, 0.15) is 30.4 Å². The molecule has 1 unspecified atom stereocenters. The van der Waals surface area contributed by atoms with E-state index < -0.39 is 128 Å². The van der Waals surface area contributed by atoms with Gasteiger partial charge in [-0.3, -0.25) is 23.9 Å². The van der Waals surface area contributed by atoms with Crippen molar-refractivity contribution >= 4 is 61.8 Å². The molecule has 0 aliphatic heterocycles. The molecule has 384 valence electrons. The molecule has 5 aromatic rings. The maximum absolute atomic E-state index is 15.6. The van der Waals surface area contributed by atoms with Crippen LogP contribution in [0.1, 0.15) is 118 Å². The Morgan fingerprint density at radius 1 is 0.958 bits per heavy atom. The van der Waals surface area contributed by atoms with E-state index >= 15 is 8.78 Å². The van der Waals surface area contributed by atoms with Gasteiger partial charge in [-0.05, 0) is 75.3 Å². The second-order valence-electron chi connectivity index (χ2n) is 18.5. The van der Waals surface area contributed by atoms with Crippen LogP contribution in [-0.4, -0.2) is 62.0 Å².